The summed E-state index contributed by atoms with van der Waals surface area (Å²) < 4.78 is 11.2. The number of rotatable bonds is 5. The lowest BCUT2D eigenvalue weighted by atomic mass is 9.96. The molecule has 1 N–H and O–H groups in total. The van der Waals surface area contributed by atoms with E-state index in [9.17, 15) is 0 Å². The second-order valence-electron chi connectivity index (χ2n) is 7.18. The summed E-state index contributed by atoms with van der Waals surface area (Å²) in [7, 11) is 0. The SMILES string of the molecule is Clc1ccc2c(c1)CCC2NCC(C1CCOC1)N1CCOCC1. The van der Waals surface area contributed by atoms with E-state index in [-0.39, 0.29) is 0 Å². The van der Waals surface area contributed by atoms with Gasteiger partial charge in [0.1, 0.15) is 0 Å². The minimum absolute atomic E-state index is 0.461. The lowest BCUT2D eigenvalue weighted by Crippen LogP contribution is -2.51. The van der Waals surface area contributed by atoms with Gasteiger partial charge >= 0.3 is 0 Å². The number of aryl methyl sites for hydroxylation is 1. The quantitative estimate of drug-likeness (QED) is 0.885. The highest BCUT2D eigenvalue weighted by molar-refractivity contribution is 6.30. The maximum absolute atomic E-state index is 6.13. The van der Waals surface area contributed by atoms with Gasteiger partial charge < -0.3 is 14.8 Å². The number of fused-ring (bicyclic) bond motifs is 1. The van der Waals surface area contributed by atoms with Crippen molar-refractivity contribution in [1.82, 2.24) is 10.2 Å². The van der Waals surface area contributed by atoms with Gasteiger partial charge in [-0.25, -0.2) is 0 Å². The van der Waals surface area contributed by atoms with E-state index < -0.39 is 0 Å². The van der Waals surface area contributed by atoms with Crippen molar-refractivity contribution >= 4 is 11.6 Å². The fourth-order valence-electron chi connectivity index (χ4n) is 4.42. The smallest absolute Gasteiger partial charge is 0.0594 e. The first-order valence-electron chi connectivity index (χ1n) is 9.22. The summed E-state index contributed by atoms with van der Waals surface area (Å²) >= 11 is 6.13. The van der Waals surface area contributed by atoms with Crippen molar-refractivity contribution in [2.75, 3.05) is 46.1 Å². The fourth-order valence-corrected chi connectivity index (χ4v) is 4.62. The molecule has 1 aromatic rings. The Kier molecular flexibility index (Phi) is 5.40. The van der Waals surface area contributed by atoms with Gasteiger partial charge in [0.25, 0.3) is 0 Å². The van der Waals surface area contributed by atoms with E-state index in [4.69, 9.17) is 21.1 Å². The molecule has 0 amide bonds. The first kappa shape index (κ1) is 16.8. The number of morpholine rings is 1. The minimum Gasteiger partial charge on any atom is -0.381 e. The van der Waals surface area contributed by atoms with Gasteiger partial charge in [-0.3, -0.25) is 4.90 Å². The summed E-state index contributed by atoms with van der Waals surface area (Å²) in [6.07, 6.45) is 3.48. The largest absolute Gasteiger partial charge is 0.381 e. The molecule has 4 nitrogen and oxygen atoms in total. The zero-order valence-electron chi connectivity index (χ0n) is 14.2. The number of ether oxygens (including phenoxy) is 2. The molecule has 0 radical (unpaired) electrons. The van der Waals surface area contributed by atoms with Crippen molar-refractivity contribution in [2.45, 2.75) is 31.3 Å². The molecule has 1 aromatic carbocycles. The average molecular weight is 351 g/mol. The molecule has 24 heavy (non-hydrogen) atoms. The monoisotopic (exact) mass is 350 g/mol. The Morgan fingerprint density at radius 2 is 2.04 bits per heavy atom. The van der Waals surface area contributed by atoms with E-state index in [1.54, 1.807) is 0 Å². The molecule has 0 bridgehead atoms. The molecule has 0 spiro atoms. The van der Waals surface area contributed by atoms with Crippen LogP contribution < -0.4 is 5.32 Å². The lowest BCUT2D eigenvalue weighted by molar-refractivity contribution is 0.000801. The molecule has 2 saturated heterocycles. The molecule has 2 fully saturated rings. The van der Waals surface area contributed by atoms with Crippen molar-refractivity contribution in [1.29, 1.82) is 0 Å². The Labute approximate surface area is 149 Å². The maximum Gasteiger partial charge on any atom is 0.0594 e. The van der Waals surface area contributed by atoms with Crippen LogP contribution in [0.15, 0.2) is 18.2 Å². The van der Waals surface area contributed by atoms with E-state index >= 15 is 0 Å². The Morgan fingerprint density at radius 3 is 2.83 bits per heavy atom. The zero-order valence-corrected chi connectivity index (χ0v) is 14.9. The molecule has 2 aliphatic heterocycles. The molecule has 3 aliphatic rings. The van der Waals surface area contributed by atoms with Crippen LogP contribution in [0.25, 0.3) is 0 Å². The highest BCUT2D eigenvalue weighted by Gasteiger charge is 2.32. The number of nitrogens with zero attached hydrogens (tertiary/aromatic N) is 1. The lowest BCUT2D eigenvalue weighted by Gasteiger charge is -2.38. The van der Waals surface area contributed by atoms with Crippen molar-refractivity contribution in [3.8, 4) is 0 Å². The van der Waals surface area contributed by atoms with Gasteiger partial charge in [-0.2, -0.15) is 0 Å². The topological polar surface area (TPSA) is 33.7 Å². The standard InChI is InChI=1S/C19H27ClN2O2/c20-16-2-3-17-14(11-16)1-4-18(17)21-12-19(15-5-8-24-13-15)22-6-9-23-10-7-22/h2-3,11,15,18-19,21H,1,4-10,12-13H2. The van der Waals surface area contributed by atoms with Gasteiger partial charge in [0.05, 0.1) is 19.8 Å². The molecular formula is C19H27ClN2O2. The third-order valence-corrected chi connectivity index (χ3v) is 6.02. The van der Waals surface area contributed by atoms with Crippen LogP contribution in [-0.2, 0) is 15.9 Å². The predicted molar refractivity (Wildman–Crippen MR) is 95.6 cm³/mol. The minimum atomic E-state index is 0.461. The number of halogens is 1. The number of benzene rings is 1. The second-order valence-corrected chi connectivity index (χ2v) is 7.62. The van der Waals surface area contributed by atoms with Gasteiger partial charge in [-0.15, -0.1) is 0 Å². The molecule has 3 unspecified atom stereocenters. The highest BCUT2D eigenvalue weighted by atomic mass is 35.5. The molecule has 2 heterocycles. The van der Waals surface area contributed by atoms with Gasteiger partial charge in [0, 0.05) is 49.3 Å². The summed E-state index contributed by atoms with van der Waals surface area (Å²) in [5.41, 5.74) is 2.84. The van der Waals surface area contributed by atoms with Crippen molar-refractivity contribution < 1.29 is 9.47 Å². The summed E-state index contributed by atoms with van der Waals surface area (Å²) in [4.78, 5) is 2.60. The van der Waals surface area contributed by atoms with Crippen LogP contribution in [0.5, 0.6) is 0 Å². The van der Waals surface area contributed by atoms with Crippen LogP contribution in [0.3, 0.4) is 0 Å². The number of hydrogen-bond acceptors (Lipinski definition) is 4. The van der Waals surface area contributed by atoms with Crippen LogP contribution in [0.2, 0.25) is 5.02 Å². The predicted octanol–water partition coefficient (Wildman–Crippen LogP) is 2.65. The maximum atomic E-state index is 6.13. The molecule has 4 rings (SSSR count). The van der Waals surface area contributed by atoms with Crippen LogP contribution in [0, 0.1) is 5.92 Å². The van der Waals surface area contributed by atoms with E-state index in [1.807, 2.05) is 6.07 Å². The summed E-state index contributed by atoms with van der Waals surface area (Å²) in [6, 6.07) is 7.36. The van der Waals surface area contributed by atoms with Gasteiger partial charge in [0.2, 0.25) is 0 Å². The Bertz CT molecular complexity index is 556. The van der Waals surface area contributed by atoms with Crippen LogP contribution >= 0.6 is 11.6 Å². The van der Waals surface area contributed by atoms with Gasteiger partial charge in [-0.05, 0) is 42.5 Å². The van der Waals surface area contributed by atoms with Crippen LogP contribution in [0.4, 0.5) is 0 Å². The first-order chi connectivity index (χ1) is 11.8. The van der Waals surface area contributed by atoms with E-state index in [2.05, 4.69) is 22.3 Å². The molecule has 0 aromatic heterocycles. The third kappa shape index (κ3) is 3.63. The summed E-state index contributed by atoms with van der Waals surface area (Å²) in [5, 5.41) is 4.70. The van der Waals surface area contributed by atoms with Gasteiger partial charge in [-0.1, -0.05) is 17.7 Å². The van der Waals surface area contributed by atoms with Crippen molar-refractivity contribution in [3.05, 3.63) is 34.3 Å². The highest BCUT2D eigenvalue weighted by Crippen LogP contribution is 2.33. The molecule has 0 saturated carbocycles. The van der Waals surface area contributed by atoms with Crippen LogP contribution in [-0.4, -0.2) is 57.0 Å². The van der Waals surface area contributed by atoms with Crippen LogP contribution in [0.1, 0.15) is 30.0 Å². The molecule has 5 heteroatoms. The summed E-state index contributed by atoms with van der Waals surface area (Å²) in [6.45, 7) is 6.64. The fraction of sp³-hybridized carbons (Fsp3) is 0.684. The van der Waals surface area contributed by atoms with E-state index in [0.29, 0.717) is 18.0 Å². The van der Waals surface area contributed by atoms with Gasteiger partial charge in [0.15, 0.2) is 0 Å². The molecule has 132 valence electrons. The molecular weight excluding hydrogens is 324 g/mol. The van der Waals surface area contributed by atoms with Crippen molar-refractivity contribution in [2.24, 2.45) is 5.92 Å². The Balaban J connectivity index is 1.42. The van der Waals surface area contributed by atoms with E-state index in [0.717, 1.165) is 57.5 Å². The molecule has 1 aliphatic carbocycles. The second kappa shape index (κ2) is 7.71. The molecule has 3 atom stereocenters. The number of hydrogen-bond donors (Lipinski definition) is 1. The summed E-state index contributed by atoms with van der Waals surface area (Å²) in [5.74, 6) is 0.640. The number of nitrogens with one attached hydrogen (secondary N) is 1. The normalized spacial score (nSPS) is 28.9. The Hall–Kier alpha value is -0.650. The third-order valence-electron chi connectivity index (χ3n) is 5.78. The average Bonchev–Trinajstić information content (AvgIpc) is 3.26. The zero-order chi connectivity index (χ0) is 16.4. The Morgan fingerprint density at radius 1 is 1.17 bits per heavy atom. The first-order valence-corrected chi connectivity index (χ1v) is 9.60. The van der Waals surface area contributed by atoms with Crippen molar-refractivity contribution in [3.63, 3.8) is 0 Å². The van der Waals surface area contributed by atoms with E-state index in [1.165, 1.54) is 24.0 Å².